The van der Waals surface area contributed by atoms with E-state index in [0.717, 1.165) is 11.3 Å². The first-order valence-electron chi connectivity index (χ1n) is 7.18. The van der Waals surface area contributed by atoms with E-state index in [1.807, 2.05) is 19.1 Å². The molecular weight excluding hydrogens is 302 g/mol. The molecule has 1 fully saturated rings. The van der Waals surface area contributed by atoms with E-state index in [2.05, 4.69) is 23.3 Å². The van der Waals surface area contributed by atoms with Crippen LogP contribution in [0.2, 0.25) is 0 Å². The quantitative estimate of drug-likeness (QED) is 0.443. The van der Waals surface area contributed by atoms with Crippen LogP contribution >= 0.6 is 12.6 Å². The number of hydrogen-bond acceptors (Lipinski definition) is 5. The van der Waals surface area contributed by atoms with E-state index in [1.165, 1.54) is 0 Å². The Bertz CT molecular complexity index is 659. The number of piperidine rings is 1. The van der Waals surface area contributed by atoms with Crippen LogP contribution in [0.5, 0.6) is 0 Å². The second-order valence-corrected chi connectivity index (χ2v) is 6.33. The monoisotopic (exact) mass is 319 g/mol. The van der Waals surface area contributed by atoms with Gasteiger partial charge >= 0.3 is 0 Å². The third-order valence-electron chi connectivity index (χ3n) is 3.95. The fraction of sp³-hybridized carbons (Fsp3) is 0.400. The second kappa shape index (κ2) is 5.64. The van der Waals surface area contributed by atoms with Crippen molar-refractivity contribution in [3.05, 3.63) is 29.3 Å². The molecule has 0 saturated carbocycles. The molecule has 116 valence electrons. The molecule has 3 amide bonds. The molecular formula is C15H17N3O3S. The van der Waals surface area contributed by atoms with Crippen LogP contribution in [-0.2, 0) is 16.1 Å². The number of fused-ring (bicyclic) bond motifs is 1. The Balaban J connectivity index is 1.88. The second-order valence-electron chi connectivity index (χ2n) is 5.55. The maximum Gasteiger partial charge on any atom is 0.255 e. The van der Waals surface area contributed by atoms with Crippen molar-refractivity contribution in [3.63, 3.8) is 0 Å². The van der Waals surface area contributed by atoms with E-state index >= 15 is 0 Å². The Kier molecular flexibility index (Phi) is 3.82. The maximum absolute atomic E-state index is 12.6. The Morgan fingerprint density at radius 3 is 2.82 bits per heavy atom. The van der Waals surface area contributed by atoms with Gasteiger partial charge in [-0.05, 0) is 25.5 Å². The number of carbonyl (C=O) groups excluding carboxylic acids is 3. The molecule has 2 heterocycles. The molecule has 3 rings (SSSR count). The molecule has 6 nitrogen and oxygen atoms in total. The lowest BCUT2D eigenvalue weighted by atomic mass is 10.0. The zero-order chi connectivity index (χ0) is 15.9. The smallest absolute Gasteiger partial charge is 0.255 e. The highest BCUT2D eigenvalue weighted by atomic mass is 32.1. The predicted molar refractivity (Wildman–Crippen MR) is 84.6 cm³/mol. The van der Waals surface area contributed by atoms with Gasteiger partial charge in [0.25, 0.3) is 5.91 Å². The van der Waals surface area contributed by atoms with Crippen molar-refractivity contribution in [1.82, 2.24) is 10.2 Å². The van der Waals surface area contributed by atoms with Crippen molar-refractivity contribution < 1.29 is 14.4 Å². The summed E-state index contributed by atoms with van der Waals surface area (Å²) in [5, 5.41) is 5.45. The largest absolute Gasteiger partial charge is 0.374 e. The summed E-state index contributed by atoms with van der Waals surface area (Å²) in [6, 6.07) is 4.88. The molecule has 0 radical (unpaired) electrons. The summed E-state index contributed by atoms with van der Waals surface area (Å²) in [6.07, 6.45) is 0.630. The van der Waals surface area contributed by atoms with Gasteiger partial charge in [-0.3, -0.25) is 19.7 Å². The zero-order valence-electron chi connectivity index (χ0n) is 12.1. The van der Waals surface area contributed by atoms with Crippen LogP contribution in [0.3, 0.4) is 0 Å². The van der Waals surface area contributed by atoms with Gasteiger partial charge in [0.05, 0.1) is 5.37 Å². The summed E-state index contributed by atoms with van der Waals surface area (Å²) >= 11 is 4.31. The van der Waals surface area contributed by atoms with E-state index in [0.29, 0.717) is 18.5 Å². The van der Waals surface area contributed by atoms with Gasteiger partial charge in [-0.25, -0.2) is 0 Å². The van der Waals surface area contributed by atoms with Crippen LogP contribution in [0.25, 0.3) is 0 Å². The Labute approximate surface area is 133 Å². The lowest BCUT2D eigenvalue weighted by Gasteiger charge is -2.29. The molecule has 2 N–H and O–H groups in total. The van der Waals surface area contributed by atoms with E-state index in [-0.39, 0.29) is 23.6 Å². The first kappa shape index (κ1) is 14.9. The number of nitrogens with zero attached hydrogens (tertiary/aromatic N) is 1. The number of imide groups is 1. The van der Waals surface area contributed by atoms with E-state index in [4.69, 9.17) is 0 Å². The minimum Gasteiger partial charge on any atom is -0.374 e. The first-order chi connectivity index (χ1) is 10.5. The number of hydrogen-bond donors (Lipinski definition) is 3. The van der Waals surface area contributed by atoms with E-state index in [1.54, 1.807) is 11.0 Å². The van der Waals surface area contributed by atoms with Crippen molar-refractivity contribution >= 4 is 36.0 Å². The predicted octanol–water partition coefficient (Wildman–Crippen LogP) is 1.14. The van der Waals surface area contributed by atoms with Crippen molar-refractivity contribution in [2.75, 3.05) is 5.32 Å². The zero-order valence-corrected chi connectivity index (χ0v) is 13.0. The molecule has 1 aromatic rings. The Morgan fingerprint density at radius 2 is 2.14 bits per heavy atom. The van der Waals surface area contributed by atoms with Crippen LogP contribution in [0.15, 0.2) is 18.2 Å². The highest BCUT2D eigenvalue weighted by Crippen LogP contribution is 2.32. The average molecular weight is 319 g/mol. The number of nitrogens with one attached hydrogen (secondary N) is 2. The maximum atomic E-state index is 12.6. The number of thiol groups is 1. The van der Waals surface area contributed by atoms with Gasteiger partial charge in [-0.2, -0.15) is 12.6 Å². The van der Waals surface area contributed by atoms with Crippen molar-refractivity contribution in [2.45, 2.75) is 37.7 Å². The minimum atomic E-state index is -0.584. The van der Waals surface area contributed by atoms with Gasteiger partial charge in [0, 0.05) is 29.8 Å². The molecule has 2 atom stereocenters. The third kappa shape index (κ3) is 2.56. The van der Waals surface area contributed by atoms with E-state index < -0.39 is 11.9 Å². The van der Waals surface area contributed by atoms with Gasteiger partial charge in [-0.1, -0.05) is 6.07 Å². The van der Waals surface area contributed by atoms with Gasteiger partial charge in [0.2, 0.25) is 11.8 Å². The summed E-state index contributed by atoms with van der Waals surface area (Å²) in [7, 11) is 0. The number of benzene rings is 1. The molecule has 22 heavy (non-hydrogen) atoms. The molecule has 0 spiro atoms. The fourth-order valence-electron chi connectivity index (χ4n) is 2.95. The number of rotatable bonds is 3. The number of anilines is 1. The standard InChI is InChI=1S/C15H17N3O3S/c1-8(22)16-11-4-2-3-9-10(11)7-18(15(9)21)12-5-6-13(19)17-14(12)20/h2-4,8,12,16,22H,5-7H2,1H3,(H,17,19,20). The molecule has 1 aromatic carbocycles. The highest BCUT2D eigenvalue weighted by molar-refractivity contribution is 7.81. The average Bonchev–Trinajstić information content (AvgIpc) is 2.77. The van der Waals surface area contributed by atoms with Gasteiger partial charge in [-0.15, -0.1) is 0 Å². The fourth-order valence-corrected chi connectivity index (χ4v) is 3.08. The lowest BCUT2D eigenvalue weighted by molar-refractivity contribution is -0.136. The van der Waals surface area contributed by atoms with Crippen LogP contribution in [-0.4, -0.2) is 34.0 Å². The number of carbonyl (C=O) groups is 3. The SMILES string of the molecule is CC(S)Nc1cccc2c1CN(C1CCC(=O)NC1=O)C2=O. The van der Waals surface area contributed by atoms with Crippen LogP contribution in [0.1, 0.15) is 35.7 Å². The van der Waals surface area contributed by atoms with Crippen molar-refractivity contribution in [3.8, 4) is 0 Å². The molecule has 7 heteroatoms. The summed E-state index contributed by atoms with van der Waals surface area (Å²) < 4.78 is 0. The van der Waals surface area contributed by atoms with Crippen LogP contribution in [0.4, 0.5) is 5.69 Å². The summed E-state index contributed by atoms with van der Waals surface area (Å²) in [5.74, 6) is -0.842. The Hall–Kier alpha value is -2.02. The van der Waals surface area contributed by atoms with Crippen molar-refractivity contribution in [1.29, 1.82) is 0 Å². The normalized spacial score (nSPS) is 22.4. The van der Waals surface area contributed by atoms with Crippen LogP contribution in [0, 0.1) is 0 Å². The summed E-state index contributed by atoms with van der Waals surface area (Å²) in [6.45, 7) is 2.27. The molecule has 1 saturated heterocycles. The molecule has 2 aliphatic rings. The summed E-state index contributed by atoms with van der Waals surface area (Å²) in [5.41, 5.74) is 2.32. The molecule has 0 aromatic heterocycles. The molecule has 2 unspecified atom stereocenters. The highest BCUT2D eigenvalue weighted by Gasteiger charge is 2.39. The van der Waals surface area contributed by atoms with Gasteiger partial charge in [0.1, 0.15) is 6.04 Å². The minimum absolute atomic E-state index is 0.0498. The van der Waals surface area contributed by atoms with E-state index in [9.17, 15) is 14.4 Å². The number of amides is 3. The Morgan fingerprint density at radius 1 is 1.36 bits per heavy atom. The molecule has 0 aliphatic carbocycles. The third-order valence-corrected chi connectivity index (χ3v) is 4.08. The lowest BCUT2D eigenvalue weighted by Crippen LogP contribution is -2.52. The van der Waals surface area contributed by atoms with Gasteiger partial charge in [0.15, 0.2) is 0 Å². The topological polar surface area (TPSA) is 78.5 Å². The first-order valence-corrected chi connectivity index (χ1v) is 7.70. The molecule has 0 bridgehead atoms. The molecule has 2 aliphatic heterocycles. The van der Waals surface area contributed by atoms with Crippen LogP contribution < -0.4 is 10.6 Å². The van der Waals surface area contributed by atoms with Gasteiger partial charge < -0.3 is 10.2 Å². The summed E-state index contributed by atoms with van der Waals surface area (Å²) in [4.78, 5) is 37.4. The van der Waals surface area contributed by atoms with Crippen molar-refractivity contribution in [2.24, 2.45) is 0 Å².